The van der Waals surface area contributed by atoms with Crippen LogP contribution in [0.25, 0.3) is 0 Å². The summed E-state index contributed by atoms with van der Waals surface area (Å²) < 4.78 is 2.29. The van der Waals surface area contributed by atoms with Crippen LogP contribution in [0.5, 0.6) is 0 Å². The number of nitrogens with zero attached hydrogens (tertiary/aromatic N) is 4. The first-order chi connectivity index (χ1) is 10.5. The topological polar surface area (TPSA) is 88.3 Å². The van der Waals surface area contributed by atoms with Crippen molar-refractivity contribution in [2.45, 2.75) is 19.5 Å². The van der Waals surface area contributed by atoms with Crippen LogP contribution in [0.1, 0.15) is 21.6 Å². The van der Waals surface area contributed by atoms with Gasteiger partial charge in [0.05, 0.1) is 6.20 Å². The number of carbonyl (C=O) groups excluding carboxylic acids is 1. The van der Waals surface area contributed by atoms with E-state index in [1.54, 1.807) is 4.90 Å². The highest BCUT2D eigenvalue weighted by molar-refractivity contribution is 9.10. The first kappa shape index (κ1) is 14.7. The van der Waals surface area contributed by atoms with Crippen LogP contribution in [0, 0.1) is 0 Å². The quantitative estimate of drug-likeness (QED) is 0.887. The number of fused-ring (bicyclic) bond motifs is 1. The van der Waals surface area contributed by atoms with Crippen LogP contribution in [0.2, 0.25) is 0 Å². The lowest BCUT2D eigenvalue weighted by Crippen LogP contribution is -2.38. The van der Waals surface area contributed by atoms with Gasteiger partial charge in [0, 0.05) is 17.6 Å². The molecule has 1 aliphatic heterocycles. The van der Waals surface area contributed by atoms with Gasteiger partial charge in [-0.15, -0.1) is 5.10 Å². The average molecular weight is 365 g/mol. The first-order valence-corrected chi connectivity index (χ1v) is 7.51. The van der Waals surface area contributed by atoms with Crippen molar-refractivity contribution >= 4 is 27.8 Å². The zero-order valence-corrected chi connectivity index (χ0v) is 13.2. The summed E-state index contributed by atoms with van der Waals surface area (Å²) in [5.41, 5.74) is 2.21. The van der Waals surface area contributed by atoms with Crippen LogP contribution in [0.4, 0.5) is 0 Å². The predicted octanol–water partition coefficient (Wildman–Crippen LogP) is 1.32. The molecule has 1 amide bonds. The SMILES string of the molecule is O=C(O)c1cn(CC(=O)N2CCc3cc(Br)ccc3C2)nn1. The second kappa shape index (κ2) is 5.88. The lowest BCUT2D eigenvalue weighted by Gasteiger charge is -2.29. The van der Waals surface area contributed by atoms with E-state index in [0.29, 0.717) is 13.1 Å². The molecule has 1 aromatic carbocycles. The van der Waals surface area contributed by atoms with Gasteiger partial charge in [0.25, 0.3) is 0 Å². The summed E-state index contributed by atoms with van der Waals surface area (Å²) in [7, 11) is 0. The number of hydrogen-bond donors (Lipinski definition) is 1. The Bertz CT molecular complexity index is 743. The molecule has 0 aliphatic carbocycles. The fraction of sp³-hybridized carbons (Fsp3) is 0.286. The third-order valence-electron chi connectivity index (χ3n) is 3.59. The summed E-state index contributed by atoms with van der Waals surface area (Å²) in [6, 6.07) is 6.05. The van der Waals surface area contributed by atoms with Crippen molar-refractivity contribution in [1.29, 1.82) is 0 Å². The van der Waals surface area contributed by atoms with E-state index in [0.717, 1.165) is 16.5 Å². The Hall–Kier alpha value is -2.22. The maximum atomic E-state index is 12.3. The van der Waals surface area contributed by atoms with Gasteiger partial charge < -0.3 is 10.0 Å². The molecule has 0 saturated carbocycles. The third kappa shape index (κ3) is 3.01. The summed E-state index contributed by atoms with van der Waals surface area (Å²) in [5, 5.41) is 16.0. The maximum absolute atomic E-state index is 12.3. The number of carboxylic acid groups (broad SMARTS) is 1. The van der Waals surface area contributed by atoms with Crippen LogP contribution in [0.15, 0.2) is 28.9 Å². The molecule has 3 rings (SSSR count). The van der Waals surface area contributed by atoms with Crippen molar-refractivity contribution < 1.29 is 14.7 Å². The number of amides is 1. The van der Waals surface area contributed by atoms with E-state index in [4.69, 9.17) is 5.11 Å². The number of carbonyl (C=O) groups is 2. The molecule has 0 unspecified atom stereocenters. The molecule has 1 aromatic heterocycles. The molecule has 0 spiro atoms. The number of rotatable bonds is 3. The minimum Gasteiger partial charge on any atom is -0.476 e. The Morgan fingerprint density at radius 3 is 2.86 bits per heavy atom. The second-order valence-electron chi connectivity index (χ2n) is 5.08. The van der Waals surface area contributed by atoms with Crippen LogP contribution >= 0.6 is 15.9 Å². The Kier molecular flexibility index (Phi) is 3.93. The van der Waals surface area contributed by atoms with E-state index in [1.807, 2.05) is 12.1 Å². The van der Waals surface area contributed by atoms with Gasteiger partial charge in [0.15, 0.2) is 5.69 Å². The first-order valence-electron chi connectivity index (χ1n) is 6.71. The maximum Gasteiger partial charge on any atom is 0.358 e. The predicted molar refractivity (Wildman–Crippen MR) is 80.2 cm³/mol. The highest BCUT2D eigenvalue weighted by Gasteiger charge is 2.21. The molecular weight excluding hydrogens is 352 g/mol. The standard InChI is InChI=1S/C14H13BrN4O3/c15-11-2-1-10-6-18(4-3-9(10)5-11)13(20)8-19-7-12(14(21)22)16-17-19/h1-2,5,7H,3-4,6,8H2,(H,21,22). The average Bonchev–Trinajstić information content (AvgIpc) is 2.95. The van der Waals surface area contributed by atoms with E-state index in [-0.39, 0.29) is 18.1 Å². The number of aromatic carboxylic acids is 1. The molecule has 2 heterocycles. The van der Waals surface area contributed by atoms with Gasteiger partial charge in [-0.1, -0.05) is 27.2 Å². The van der Waals surface area contributed by atoms with E-state index >= 15 is 0 Å². The van der Waals surface area contributed by atoms with Crippen LogP contribution in [-0.4, -0.2) is 43.4 Å². The number of benzene rings is 1. The van der Waals surface area contributed by atoms with Gasteiger partial charge in [-0.05, 0) is 29.7 Å². The molecule has 22 heavy (non-hydrogen) atoms. The molecule has 1 N–H and O–H groups in total. The number of halogens is 1. The van der Waals surface area contributed by atoms with Gasteiger partial charge in [-0.25, -0.2) is 9.48 Å². The van der Waals surface area contributed by atoms with Crippen molar-refractivity contribution in [2.75, 3.05) is 6.54 Å². The lowest BCUT2D eigenvalue weighted by atomic mass is 10.00. The summed E-state index contributed by atoms with van der Waals surface area (Å²) in [5.74, 6) is -1.26. The monoisotopic (exact) mass is 364 g/mol. The highest BCUT2D eigenvalue weighted by Crippen LogP contribution is 2.23. The van der Waals surface area contributed by atoms with Crippen LogP contribution in [0.3, 0.4) is 0 Å². The number of aromatic nitrogens is 3. The van der Waals surface area contributed by atoms with Crippen molar-refractivity contribution in [3.8, 4) is 0 Å². The van der Waals surface area contributed by atoms with E-state index in [9.17, 15) is 9.59 Å². The van der Waals surface area contributed by atoms with Crippen molar-refractivity contribution in [1.82, 2.24) is 19.9 Å². The molecule has 7 nitrogen and oxygen atoms in total. The van der Waals surface area contributed by atoms with Gasteiger partial charge >= 0.3 is 5.97 Å². The fourth-order valence-corrected chi connectivity index (χ4v) is 2.86. The number of hydrogen-bond acceptors (Lipinski definition) is 4. The molecule has 0 radical (unpaired) electrons. The summed E-state index contributed by atoms with van der Waals surface area (Å²) in [6.07, 6.45) is 2.06. The van der Waals surface area contributed by atoms with E-state index in [2.05, 4.69) is 32.3 Å². The molecule has 0 fully saturated rings. The molecule has 114 valence electrons. The van der Waals surface area contributed by atoms with E-state index in [1.165, 1.54) is 16.4 Å². The third-order valence-corrected chi connectivity index (χ3v) is 4.08. The molecule has 0 bridgehead atoms. The second-order valence-corrected chi connectivity index (χ2v) is 6.00. The lowest BCUT2D eigenvalue weighted by molar-refractivity contribution is -0.133. The van der Waals surface area contributed by atoms with Gasteiger partial charge in [-0.3, -0.25) is 4.79 Å². The smallest absolute Gasteiger partial charge is 0.358 e. The normalized spacial score (nSPS) is 13.8. The van der Waals surface area contributed by atoms with Crippen molar-refractivity contribution in [3.63, 3.8) is 0 Å². The molecule has 2 aromatic rings. The highest BCUT2D eigenvalue weighted by atomic mass is 79.9. The Labute approximate surface area is 134 Å². The fourth-order valence-electron chi connectivity index (χ4n) is 2.45. The summed E-state index contributed by atoms with van der Waals surface area (Å²) in [6.45, 7) is 1.19. The zero-order valence-electron chi connectivity index (χ0n) is 11.6. The van der Waals surface area contributed by atoms with E-state index < -0.39 is 5.97 Å². The molecule has 1 aliphatic rings. The minimum absolute atomic E-state index is 0.00780. The summed E-state index contributed by atoms with van der Waals surface area (Å²) >= 11 is 3.45. The van der Waals surface area contributed by atoms with Gasteiger partial charge in [0.1, 0.15) is 6.54 Å². The molecule has 0 atom stereocenters. The van der Waals surface area contributed by atoms with Gasteiger partial charge in [-0.2, -0.15) is 0 Å². The van der Waals surface area contributed by atoms with Gasteiger partial charge in [0.2, 0.25) is 5.91 Å². The Balaban J connectivity index is 1.68. The minimum atomic E-state index is -1.16. The summed E-state index contributed by atoms with van der Waals surface area (Å²) in [4.78, 5) is 24.8. The van der Waals surface area contributed by atoms with Crippen LogP contribution in [-0.2, 0) is 24.3 Å². The van der Waals surface area contributed by atoms with Crippen molar-refractivity contribution in [2.24, 2.45) is 0 Å². The molecule has 8 heteroatoms. The molecule has 0 saturated heterocycles. The number of carboxylic acids is 1. The largest absolute Gasteiger partial charge is 0.476 e. The zero-order chi connectivity index (χ0) is 15.7. The van der Waals surface area contributed by atoms with Crippen molar-refractivity contribution in [3.05, 3.63) is 45.7 Å². The Morgan fingerprint density at radius 1 is 1.32 bits per heavy atom. The Morgan fingerprint density at radius 2 is 2.14 bits per heavy atom. The molecular formula is C14H13BrN4O3. The van der Waals surface area contributed by atoms with Crippen LogP contribution < -0.4 is 0 Å².